The second-order valence-corrected chi connectivity index (χ2v) is 9.88. The first-order valence-electron chi connectivity index (χ1n) is 11.2. The molecule has 4 fully saturated rings. The van der Waals surface area contributed by atoms with Crippen LogP contribution in [0.2, 0.25) is 0 Å². The molecule has 6 nitrogen and oxygen atoms in total. The summed E-state index contributed by atoms with van der Waals surface area (Å²) in [6.07, 6.45) is 7.15. The summed E-state index contributed by atoms with van der Waals surface area (Å²) in [7, 11) is 0. The summed E-state index contributed by atoms with van der Waals surface area (Å²) in [5.41, 5.74) is 0.285. The molecule has 0 N–H and O–H groups in total. The summed E-state index contributed by atoms with van der Waals surface area (Å²) in [6, 6.07) is 4.34. The van der Waals surface area contributed by atoms with Crippen molar-refractivity contribution in [3.63, 3.8) is 0 Å². The molecule has 1 heterocycles. The minimum atomic E-state index is -0.827. The SMILES string of the molecule is C=CCN1C(=O)c2ccc(C(=O)O[C@@H](C)C(=O)C34CC5CC(CC(C5)C3)C4)cc2C1=O. The molecule has 1 aromatic carbocycles. The van der Waals surface area contributed by atoms with E-state index in [0.717, 1.165) is 24.2 Å². The zero-order valence-corrected chi connectivity index (χ0v) is 17.8. The molecule has 4 bridgehead atoms. The first kappa shape index (κ1) is 20.2. The highest BCUT2D eigenvalue weighted by Gasteiger charge is 2.55. The van der Waals surface area contributed by atoms with Crippen LogP contribution in [0.15, 0.2) is 30.9 Å². The van der Waals surface area contributed by atoms with E-state index < -0.39 is 23.9 Å². The molecular formula is C25H27NO5. The number of imide groups is 1. The molecule has 4 aliphatic carbocycles. The maximum absolute atomic E-state index is 13.4. The second-order valence-electron chi connectivity index (χ2n) is 9.88. The quantitative estimate of drug-likeness (QED) is 0.396. The summed E-state index contributed by atoms with van der Waals surface area (Å²) >= 11 is 0. The van der Waals surface area contributed by atoms with Crippen LogP contribution < -0.4 is 0 Å². The molecule has 0 aromatic heterocycles. The van der Waals surface area contributed by atoms with Gasteiger partial charge in [0.05, 0.1) is 16.7 Å². The third kappa shape index (κ3) is 3.15. The lowest BCUT2D eigenvalue weighted by molar-refractivity contribution is -0.152. The van der Waals surface area contributed by atoms with E-state index in [1.54, 1.807) is 6.92 Å². The molecule has 0 radical (unpaired) electrons. The largest absolute Gasteiger partial charge is 0.451 e. The summed E-state index contributed by atoms with van der Waals surface area (Å²) < 4.78 is 5.57. The van der Waals surface area contributed by atoms with E-state index >= 15 is 0 Å². The van der Waals surface area contributed by atoms with Crippen LogP contribution in [0.5, 0.6) is 0 Å². The lowest BCUT2D eigenvalue weighted by Gasteiger charge is -2.56. The number of fused-ring (bicyclic) bond motifs is 1. The monoisotopic (exact) mass is 421 g/mol. The van der Waals surface area contributed by atoms with Crippen LogP contribution >= 0.6 is 0 Å². The lowest BCUT2D eigenvalue weighted by atomic mass is 9.48. The van der Waals surface area contributed by atoms with Gasteiger partial charge in [0.25, 0.3) is 11.8 Å². The standard InChI is InChI=1S/C25H27NO5/c1-3-6-26-22(28)19-5-4-18(10-20(19)23(26)29)24(30)31-14(2)21(27)25-11-15-7-16(12-25)9-17(8-15)13-25/h3-5,10,14-17H,1,6-9,11-13H2,2H3/t14-,15?,16?,17?,25?/m0/s1. The van der Waals surface area contributed by atoms with Crippen molar-refractivity contribution in [3.8, 4) is 0 Å². The predicted octanol–water partition coefficient (Wildman–Crippen LogP) is 3.80. The van der Waals surface area contributed by atoms with Crippen molar-refractivity contribution in [1.29, 1.82) is 0 Å². The Morgan fingerprint density at radius 1 is 1.10 bits per heavy atom. The highest BCUT2D eigenvalue weighted by Crippen LogP contribution is 2.60. The smallest absolute Gasteiger partial charge is 0.338 e. The van der Waals surface area contributed by atoms with Crippen LogP contribution in [0, 0.1) is 23.2 Å². The Bertz CT molecular complexity index is 974. The summed E-state index contributed by atoms with van der Waals surface area (Å²) in [6.45, 7) is 5.34. The number of benzene rings is 1. The summed E-state index contributed by atoms with van der Waals surface area (Å²) in [5.74, 6) is 0.461. The average molecular weight is 421 g/mol. The number of ether oxygens (including phenoxy) is 1. The van der Waals surface area contributed by atoms with E-state index in [2.05, 4.69) is 6.58 Å². The van der Waals surface area contributed by atoms with Gasteiger partial charge in [-0.1, -0.05) is 6.08 Å². The van der Waals surface area contributed by atoms with Crippen LogP contribution in [-0.4, -0.2) is 41.1 Å². The van der Waals surface area contributed by atoms with Gasteiger partial charge < -0.3 is 4.74 Å². The van der Waals surface area contributed by atoms with E-state index in [0.29, 0.717) is 17.8 Å². The molecule has 0 spiro atoms. The Balaban J connectivity index is 1.31. The molecule has 0 unspecified atom stereocenters. The normalized spacial score (nSPS) is 31.5. The molecule has 2 amide bonds. The van der Waals surface area contributed by atoms with E-state index in [-0.39, 0.29) is 34.4 Å². The summed E-state index contributed by atoms with van der Waals surface area (Å²) in [5, 5.41) is 0. The average Bonchev–Trinajstić information content (AvgIpc) is 2.97. The number of rotatable bonds is 6. The predicted molar refractivity (Wildman–Crippen MR) is 112 cm³/mol. The molecule has 1 atom stereocenters. The molecule has 6 rings (SSSR count). The minimum absolute atomic E-state index is 0.0459. The van der Waals surface area contributed by atoms with Gasteiger partial charge in [-0.15, -0.1) is 6.58 Å². The van der Waals surface area contributed by atoms with Crippen LogP contribution in [0.25, 0.3) is 0 Å². The van der Waals surface area contributed by atoms with Crippen LogP contribution in [0.3, 0.4) is 0 Å². The highest BCUT2D eigenvalue weighted by molar-refractivity contribution is 6.22. The van der Waals surface area contributed by atoms with E-state index in [9.17, 15) is 19.2 Å². The van der Waals surface area contributed by atoms with Gasteiger partial charge in [-0.25, -0.2) is 4.79 Å². The number of hydrogen-bond donors (Lipinski definition) is 0. The van der Waals surface area contributed by atoms with Gasteiger partial charge in [0.2, 0.25) is 0 Å². The van der Waals surface area contributed by atoms with E-state index in [1.807, 2.05) is 0 Å². The molecule has 1 aliphatic heterocycles. The van der Waals surface area contributed by atoms with Gasteiger partial charge >= 0.3 is 5.97 Å². The van der Waals surface area contributed by atoms with Gasteiger partial charge in [0.1, 0.15) is 0 Å². The number of nitrogens with zero attached hydrogens (tertiary/aromatic N) is 1. The van der Waals surface area contributed by atoms with Crippen molar-refractivity contribution in [2.24, 2.45) is 23.2 Å². The van der Waals surface area contributed by atoms with Gasteiger partial charge in [-0.3, -0.25) is 19.3 Å². The minimum Gasteiger partial charge on any atom is -0.451 e. The fourth-order valence-corrected chi connectivity index (χ4v) is 6.84. The number of ketones is 1. The Morgan fingerprint density at radius 3 is 2.26 bits per heavy atom. The van der Waals surface area contributed by atoms with Crippen molar-refractivity contribution >= 4 is 23.6 Å². The Hall–Kier alpha value is -2.76. The van der Waals surface area contributed by atoms with Crippen LogP contribution in [-0.2, 0) is 9.53 Å². The molecular weight excluding hydrogens is 394 g/mol. The fraction of sp³-hybridized carbons (Fsp3) is 0.520. The fourth-order valence-electron chi connectivity index (χ4n) is 6.84. The molecule has 6 heteroatoms. The van der Waals surface area contributed by atoms with E-state index in [1.165, 1.54) is 43.5 Å². The Morgan fingerprint density at radius 2 is 1.68 bits per heavy atom. The maximum Gasteiger partial charge on any atom is 0.338 e. The Labute approximate surface area is 181 Å². The second kappa shape index (κ2) is 7.14. The number of carbonyl (C=O) groups excluding carboxylic acids is 4. The van der Waals surface area contributed by atoms with Gasteiger partial charge in [-0.2, -0.15) is 0 Å². The molecule has 5 aliphatic rings. The topological polar surface area (TPSA) is 80.8 Å². The van der Waals surface area contributed by atoms with Crippen molar-refractivity contribution in [3.05, 3.63) is 47.5 Å². The molecule has 162 valence electrons. The van der Waals surface area contributed by atoms with Gasteiger partial charge in [0.15, 0.2) is 11.9 Å². The van der Waals surface area contributed by atoms with Crippen molar-refractivity contribution in [1.82, 2.24) is 4.90 Å². The van der Waals surface area contributed by atoms with Gasteiger partial charge in [-0.05, 0) is 81.4 Å². The van der Waals surface area contributed by atoms with Crippen LogP contribution in [0.1, 0.15) is 76.5 Å². The number of hydrogen-bond acceptors (Lipinski definition) is 5. The molecule has 0 saturated heterocycles. The summed E-state index contributed by atoms with van der Waals surface area (Å²) in [4.78, 5) is 52.1. The lowest BCUT2D eigenvalue weighted by Crippen LogP contribution is -2.52. The number of carbonyl (C=O) groups is 4. The molecule has 1 aromatic rings. The number of esters is 1. The van der Waals surface area contributed by atoms with Crippen LogP contribution in [0.4, 0.5) is 0 Å². The van der Waals surface area contributed by atoms with Crippen molar-refractivity contribution in [2.45, 2.75) is 51.6 Å². The number of Topliss-reactive ketones (excluding diaryl/α,β-unsaturated/α-hetero) is 1. The maximum atomic E-state index is 13.4. The first-order chi connectivity index (χ1) is 14.8. The van der Waals surface area contributed by atoms with Gasteiger partial charge in [0, 0.05) is 12.0 Å². The van der Waals surface area contributed by atoms with Crippen molar-refractivity contribution in [2.75, 3.05) is 6.54 Å². The first-order valence-corrected chi connectivity index (χ1v) is 11.2. The molecule has 4 saturated carbocycles. The zero-order chi connectivity index (χ0) is 21.9. The Kier molecular flexibility index (Phi) is 4.65. The zero-order valence-electron chi connectivity index (χ0n) is 17.8. The third-order valence-electron chi connectivity index (χ3n) is 7.73. The van der Waals surface area contributed by atoms with E-state index in [4.69, 9.17) is 4.74 Å². The third-order valence-corrected chi connectivity index (χ3v) is 7.73. The highest BCUT2D eigenvalue weighted by atomic mass is 16.5. The van der Waals surface area contributed by atoms with Crippen molar-refractivity contribution < 1.29 is 23.9 Å². The molecule has 31 heavy (non-hydrogen) atoms. The number of amides is 2.